The van der Waals surface area contributed by atoms with Gasteiger partial charge in [0.2, 0.25) is 6.79 Å². The van der Waals surface area contributed by atoms with Gasteiger partial charge in [0.25, 0.3) is 0 Å². The minimum Gasteiger partial charge on any atom is -0.454 e. The quantitative estimate of drug-likeness (QED) is 0.794. The molecule has 0 unspecified atom stereocenters. The van der Waals surface area contributed by atoms with Crippen molar-refractivity contribution in [1.82, 2.24) is 0 Å². The minimum absolute atomic E-state index is 0.0822. The van der Waals surface area contributed by atoms with Gasteiger partial charge in [0.15, 0.2) is 23.1 Å². The number of benzene rings is 2. The van der Waals surface area contributed by atoms with E-state index in [1.165, 1.54) is 24.3 Å². The summed E-state index contributed by atoms with van der Waals surface area (Å²) in [6.07, 6.45) is 0.175. The Morgan fingerprint density at radius 3 is 2.18 bits per heavy atom. The largest absolute Gasteiger partial charge is 0.454 e. The van der Waals surface area contributed by atoms with Gasteiger partial charge in [-0.1, -0.05) is 0 Å². The van der Waals surface area contributed by atoms with Crippen molar-refractivity contribution in [3.05, 3.63) is 59.4 Å². The second-order valence-electron chi connectivity index (χ2n) is 4.92. The molecule has 4 nitrogen and oxygen atoms in total. The van der Waals surface area contributed by atoms with Crippen LogP contribution in [0, 0.1) is 5.82 Å². The van der Waals surface area contributed by atoms with Gasteiger partial charge >= 0.3 is 0 Å². The lowest BCUT2D eigenvalue weighted by atomic mass is 10.0. The van der Waals surface area contributed by atoms with E-state index in [4.69, 9.17) is 9.47 Å². The first-order chi connectivity index (χ1) is 10.6. The number of ether oxygens (including phenoxy) is 2. The summed E-state index contributed by atoms with van der Waals surface area (Å²) in [7, 11) is 0. The number of ketones is 2. The van der Waals surface area contributed by atoms with Crippen molar-refractivity contribution in [2.75, 3.05) is 6.79 Å². The van der Waals surface area contributed by atoms with Crippen LogP contribution in [0.3, 0.4) is 0 Å². The Bertz CT molecular complexity index is 722. The second-order valence-corrected chi connectivity index (χ2v) is 4.92. The molecule has 0 bridgehead atoms. The van der Waals surface area contributed by atoms with Crippen LogP contribution in [0.25, 0.3) is 0 Å². The summed E-state index contributed by atoms with van der Waals surface area (Å²) in [5.41, 5.74) is 0.885. The molecule has 3 rings (SSSR count). The summed E-state index contributed by atoms with van der Waals surface area (Å²) in [4.78, 5) is 24.1. The number of carbonyl (C=O) groups is 2. The van der Waals surface area contributed by atoms with Gasteiger partial charge in [0, 0.05) is 24.0 Å². The van der Waals surface area contributed by atoms with Crippen LogP contribution < -0.4 is 9.47 Å². The normalized spacial score (nSPS) is 12.2. The van der Waals surface area contributed by atoms with E-state index in [-0.39, 0.29) is 31.2 Å². The first-order valence-electron chi connectivity index (χ1n) is 6.85. The summed E-state index contributed by atoms with van der Waals surface area (Å²) < 4.78 is 23.2. The van der Waals surface area contributed by atoms with E-state index in [9.17, 15) is 14.0 Å². The van der Waals surface area contributed by atoms with Crippen LogP contribution in [0.2, 0.25) is 0 Å². The molecular weight excluding hydrogens is 287 g/mol. The van der Waals surface area contributed by atoms with Crippen LogP contribution >= 0.6 is 0 Å². The predicted octanol–water partition coefficient (Wildman–Crippen LogP) is 3.40. The highest BCUT2D eigenvalue weighted by molar-refractivity contribution is 6.02. The molecule has 5 heteroatoms. The van der Waals surface area contributed by atoms with Gasteiger partial charge in [-0.05, 0) is 42.5 Å². The molecule has 2 aromatic carbocycles. The fourth-order valence-electron chi connectivity index (χ4n) is 2.22. The maximum Gasteiger partial charge on any atom is 0.231 e. The summed E-state index contributed by atoms with van der Waals surface area (Å²) in [6, 6.07) is 10.2. The lowest BCUT2D eigenvalue weighted by Crippen LogP contribution is -2.05. The zero-order valence-electron chi connectivity index (χ0n) is 11.7. The number of rotatable bonds is 5. The maximum atomic E-state index is 12.8. The SMILES string of the molecule is O=C(CCC(=O)c1ccc2c(c1)OCO2)c1ccc(F)cc1. The Balaban J connectivity index is 1.62. The van der Waals surface area contributed by atoms with E-state index >= 15 is 0 Å². The van der Waals surface area contributed by atoms with Gasteiger partial charge in [-0.2, -0.15) is 0 Å². The fraction of sp³-hybridized carbons (Fsp3) is 0.176. The molecule has 22 heavy (non-hydrogen) atoms. The zero-order chi connectivity index (χ0) is 15.5. The molecule has 1 heterocycles. The van der Waals surface area contributed by atoms with Crippen LogP contribution in [-0.4, -0.2) is 18.4 Å². The lowest BCUT2D eigenvalue weighted by molar-refractivity contribution is 0.0917. The molecule has 0 amide bonds. The molecule has 0 atom stereocenters. The van der Waals surface area contributed by atoms with E-state index in [0.717, 1.165) is 0 Å². The standard InChI is InChI=1S/C17H13FO4/c18-13-4-1-11(2-5-13)14(19)6-7-15(20)12-3-8-16-17(9-12)22-10-21-16/h1-5,8-9H,6-7,10H2. The Kier molecular flexibility index (Phi) is 3.87. The van der Waals surface area contributed by atoms with Crippen LogP contribution in [-0.2, 0) is 0 Å². The Morgan fingerprint density at radius 2 is 1.45 bits per heavy atom. The third-order valence-electron chi connectivity index (χ3n) is 3.44. The van der Waals surface area contributed by atoms with Crippen molar-refractivity contribution in [3.63, 3.8) is 0 Å². The van der Waals surface area contributed by atoms with E-state index in [1.807, 2.05) is 0 Å². The number of halogens is 1. The van der Waals surface area contributed by atoms with E-state index in [2.05, 4.69) is 0 Å². The van der Waals surface area contributed by atoms with Crippen molar-refractivity contribution in [2.45, 2.75) is 12.8 Å². The van der Waals surface area contributed by atoms with Gasteiger partial charge in [0.05, 0.1) is 0 Å². The van der Waals surface area contributed by atoms with Gasteiger partial charge in [-0.15, -0.1) is 0 Å². The van der Waals surface area contributed by atoms with Gasteiger partial charge in [0.1, 0.15) is 5.82 Å². The molecule has 1 aliphatic heterocycles. The highest BCUT2D eigenvalue weighted by Gasteiger charge is 2.17. The summed E-state index contributed by atoms with van der Waals surface area (Å²) in [5, 5.41) is 0. The molecule has 0 saturated carbocycles. The number of Topliss-reactive ketones (excluding diaryl/α,β-unsaturated/α-hetero) is 2. The van der Waals surface area contributed by atoms with Crippen LogP contribution in [0.5, 0.6) is 11.5 Å². The third kappa shape index (κ3) is 2.98. The Hall–Kier alpha value is -2.69. The lowest BCUT2D eigenvalue weighted by Gasteiger charge is -2.03. The second kappa shape index (κ2) is 5.97. The molecule has 0 fully saturated rings. The summed E-state index contributed by atoms with van der Waals surface area (Å²) in [5.74, 6) is 0.422. The summed E-state index contributed by atoms with van der Waals surface area (Å²) in [6.45, 7) is 0.149. The highest BCUT2D eigenvalue weighted by Crippen LogP contribution is 2.32. The van der Waals surface area contributed by atoms with Crippen LogP contribution in [0.15, 0.2) is 42.5 Å². The van der Waals surface area contributed by atoms with Crippen molar-refractivity contribution >= 4 is 11.6 Å². The number of hydrogen-bond donors (Lipinski definition) is 0. The molecule has 0 aliphatic carbocycles. The Morgan fingerprint density at radius 1 is 0.864 bits per heavy atom. The molecule has 0 spiro atoms. The van der Waals surface area contributed by atoms with Crippen LogP contribution in [0.4, 0.5) is 4.39 Å². The number of fused-ring (bicyclic) bond motifs is 1. The van der Waals surface area contributed by atoms with Crippen molar-refractivity contribution in [2.24, 2.45) is 0 Å². The zero-order valence-corrected chi connectivity index (χ0v) is 11.7. The third-order valence-corrected chi connectivity index (χ3v) is 3.44. The van der Waals surface area contributed by atoms with E-state index in [0.29, 0.717) is 22.6 Å². The average Bonchev–Trinajstić information content (AvgIpc) is 3.00. The van der Waals surface area contributed by atoms with Gasteiger partial charge in [-0.3, -0.25) is 9.59 Å². The van der Waals surface area contributed by atoms with Crippen molar-refractivity contribution < 1.29 is 23.5 Å². The Labute approximate surface area is 126 Å². The topological polar surface area (TPSA) is 52.6 Å². The van der Waals surface area contributed by atoms with E-state index in [1.54, 1.807) is 18.2 Å². The molecule has 0 radical (unpaired) electrons. The van der Waals surface area contributed by atoms with Crippen LogP contribution in [0.1, 0.15) is 33.6 Å². The minimum atomic E-state index is -0.395. The predicted molar refractivity (Wildman–Crippen MR) is 76.9 cm³/mol. The molecule has 112 valence electrons. The van der Waals surface area contributed by atoms with Crippen molar-refractivity contribution in [1.29, 1.82) is 0 Å². The molecule has 0 aromatic heterocycles. The molecule has 0 saturated heterocycles. The van der Waals surface area contributed by atoms with E-state index < -0.39 is 5.82 Å². The molecule has 0 N–H and O–H groups in total. The molecular formula is C17H13FO4. The average molecular weight is 300 g/mol. The first kappa shape index (κ1) is 14.3. The molecule has 2 aromatic rings. The number of hydrogen-bond acceptors (Lipinski definition) is 4. The first-order valence-corrected chi connectivity index (χ1v) is 6.85. The summed E-state index contributed by atoms with van der Waals surface area (Å²) >= 11 is 0. The van der Waals surface area contributed by atoms with Gasteiger partial charge < -0.3 is 9.47 Å². The monoisotopic (exact) mass is 300 g/mol. The maximum absolute atomic E-state index is 12.8. The fourth-order valence-corrected chi connectivity index (χ4v) is 2.22. The van der Waals surface area contributed by atoms with Crippen molar-refractivity contribution in [3.8, 4) is 11.5 Å². The van der Waals surface area contributed by atoms with Gasteiger partial charge in [-0.25, -0.2) is 4.39 Å². The number of carbonyl (C=O) groups excluding carboxylic acids is 2. The highest BCUT2D eigenvalue weighted by atomic mass is 19.1. The smallest absolute Gasteiger partial charge is 0.231 e. The molecule has 1 aliphatic rings.